The molecule has 2 aromatic rings. The number of nitrogens with one attached hydrogen (secondary N) is 1. The molecule has 0 saturated carbocycles. The Morgan fingerprint density at radius 1 is 1.05 bits per heavy atom. The molecule has 0 aliphatic heterocycles. The number of hydrogen-bond acceptors (Lipinski definition) is 2. The highest BCUT2D eigenvalue weighted by Gasteiger charge is 2.11. The van der Waals surface area contributed by atoms with Gasteiger partial charge in [-0.25, -0.2) is 0 Å². The van der Waals surface area contributed by atoms with Crippen molar-refractivity contribution < 1.29 is 5.11 Å². The predicted molar refractivity (Wildman–Crippen MR) is 93.7 cm³/mol. The molecule has 0 saturated heterocycles. The fraction of sp³-hybridized carbons (Fsp3) is 0.400. The van der Waals surface area contributed by atoms with E-state index < -0.39 is 0 Å². The lowest BCUT2D eigenvalue weighted by molar-refractivity contribution is 0.290. The van der Waals surface area contributed by atoms with E-state index in [1.54, 1.807) is 0 Å². The van der Waals surface area contributed by atoms with Gasteiger partial charge in [0.05, 0.1) is 0 Å². The van der Waals surface area contributed by atoms with Crippen molar-refractivity contribution in [3.63, 3.8) is 0 Å². The van der Waals surface area contributed by atoms with Crippen LogP contribution in [0.2, 0.25) is 0 Å². The van der Waals surface area contributed by atoms with Crippen molar-refractivity contribution in [3.8, 4) is 11.8 Å². The third kappa shape index (κ3) is 4.59. The molecule has 0 fully saturated rings. The lowest BCUT2D eigenvalue weighted by atomic mass is 9.99. The maximum Gasteiger partial charge on any atom is 0.0440 e. The minimum absolute atomic E-state index is 0.223. The van der Waals surface area contributed by atoms with Gasteiger partial charge in [0.1, 0.15) is 0 Å². The average molecular weight is 295 g/mol. The van der Waals surface area contributed by atoms with Crippen molar-refractivity contribution in [2.75, 3.05) is 6.61 Å². The van der Waals surface area contributed by atoms with E-state index in [9.17, 15) is 0 Å². The first-order chi connectivity index (χ1) is 10.7. The summed E-state index contributed by atoms with van der Waals surface area (Å²) in [5.74, 6) is 6.30. The molecule has 0 spiro atoms. The number of aliphatic hydroxyl groups excluding tert-OH is 1. The lowest BCUT2D eigenvalue weighted by Gasteiger charge is -2.20. The quantitative estimate of drug-likeness (QED) is 0.622. The van der Waals surface area contributed by atoms with E-state index in [0.717, 1.165) is 19.3 Å². The van der Waals surface area contributed by atoms with Gasteiger partial charge in [-0.2, -0.15) is 0 Å². The third-order valence-electron chi connectivity index (χ3n) is 3.82. The molecule has 22 heavy (non-hydrogen) atoms. The largest absolute Gasteiger partial charge is 0.396 e. The number of unbranched alkanes of at least 4 members (excludes halogenated alkanes) is 1. The molecule has 0 aliphatic rings. The third-order valence-corrected chi connectivity index (χ3v) is 3.82. The molecule has 0 amide bonds. The molecule has 0 heterocycles. The van der Waals surface area contributed by atoms with Crippen molar-refractivity contribution >= 4 is 10.8 Å². The molecule has 2 heteroatoms. The van der Waals surface area contributed by atoms with Gasteiger partial charge in [0.25, 0.3) is 0 Å². The second-order valence-electron chi connectivity index (χ2n) is 5.74. The van der Waals surface area contributed by atoms with E-state index in [0.29, 0.717) is 12.1 Å². The van der Waals surface area contributed by atoms with E-state index >= 15 is 0 Å². The van der Waals surface area contributed by atoms with Crippen molar-refractivity contribution in [1.29, 1.82) is 0 Å². The maximum atomic E-state index is 8.73. The van der Waals surface area contributed by atoms with Crippen LogP contribution in [-0.4, -0.2) is 17.8 Å². The van der Waals surface area contributed by atoms with Gasteiger partial charge >= 0.3 is 0 Å². The molecule has 0 aliphatic carbocycles. The molecule has 0 bridgehead atoms. The second-order valence-corrected chi connectivity index (χ2v) is 5.74. The van der Waals surface area contributed by atoms with E-state index in [1.165, 1.54) is 16.3 Å². The van der Waals surface area contributed by atoms with E-state index in [2.05, 4.69) is 73.5 Å². The minimum atomic E-state index is 0.223. The highest BCUT2D eigenvalue weighted by Crippen LogP contribution is 2.24. The van der Waals surface area contributed by atoms with Gasteiger partial charge in [-0.05, 0) is 36.6 Å². The van der Waals surface area contributed by atoms with Gasteiger partial charge in [-0.15, -0.1) is 11.8 Å². The van der Waals surface area contributed by atoms with Crippen LogP contribution in [0.4, 0.5) is 0 Å². The molecular weight excluding hydrogens is 270 g/mol. The fourth-order valence-electron chi connectivity index (χ4n) is 2.68. The van der Waals surface area contributed by atoms with Crippen LogP contribution in [0.3, 0.4) is 0 Å². The Kier molecular flexibility index (Phi) is 6.45. The summed E-state index contributed by atoms with van der Waals surface area (Å²) in [5, 5.41) is 14.9. The first-order valence-electron chi connectivity index (χ1n) is 8.02. The van der Waals surface area contributed by atoms with Crippen LogP contribution in [0.5, 0.6) is 0 Å². The average Bonchev–Trinajstić information content (AvgIpc) is 2.54. The van der Waals surface area contributed by atoms with E-state index in [1.807, 2.05) is 0 Å². The Labute approximate surface area is 133 Å². The summed E-state index contributed by atoms with van der Waals surface area (Å²) in [7, 11) is 0. The van der Waals surface area contributed by atoms with Crippen LogP contribution in [0.15, 0.2) is 42.5 Å². The summed E-state index contributed by atoms with van der Waals surface area (Å²) < 4.78 is 0. The Hall–Kier alpha value is -1.82. The zero-order chi connectivity index (χ0) is 15.8. The highest BCUT2D eigenvalue weighted by atomic mass is 16.2. The van der Waals surface area contributed by atoms with Crippen molar-refractivity contribution in [3.05, 3.63) is 48.0 Å². The number of benzene rings is 2. The van der Waals surface area contributed by atoms with Crippen molar-refractivity contribution in [1.82, 2.24) is 5.32 Å². The summed E-state index contributed by atoms with van der Waals surface area (Å²) in [5.41, 5.74) is 1.33. The first kappa shape index (κ1) is 16.5. The number of aliphatic hydroxyl groups is 1. The van der Waals surface area contributed by atoms with Crippen LogP contribution in [-0.2, 0) is 0 Å². The molecule has 2 nitrogen and oxygen atoms in total. The fourth-order valence-corrected chi connectivity index (χ4v) is 2.68. The first-order valence-corrected chi connectivity index (χ1v) is 8.02. The summed E-state index contributed by atoms with van der Waals surface area (Å²) in [6.45, 7) is 4.60. The lowest BCUT2D eigenvalue weighted by Crippen LogP contribution is -2.28. The van der Waals surface area contributed by atoms with Gasteiger partial charge in [-0.1, -0.05) is 42.5 Å². The van der Waals surface area contributed by atoms with E-state index in [-0.39, 0.29) is 6.61 Å². The highest BCUT2D eigenvalue weighted by molar-refractivity contribution is 5.86. The summed E-state index contributed by atoms with van der Waals surface area (Å²) >= 11 is 0. The molecule has 2 aromatic carbocycles. The van der Waals surface area contributed by atoms with Crippen molar-refractivity contribution in [2.24, 2.45) is 0 Å². The zero-order valence-corrected chi connectivity index (χ0v) is 13.5. The van der Waals surface area contributed by atoms with Gasteiger partial charge < -0.3 is 10.4 Å². The van der Waals surface area contributed by atoms with Gasteiger partial charge in [0.15, 0.2) is 0 Å². The minimum Gasteiger partial charge on any atom is -0.396 e. The SMILES string of the molecule is CC(CC#CCCCO)N[C@H](C)c1cccc2ccccc12. The van der Waals surface area contributed by atoms with Crippen LogP contribution in [0.25, 0.3) is 10.8 Å². The molecular formula is C20H25NO. The Morgan fingerprint density at radius 3 is 2.64 bits per heavy atom. The molecule has 1 unspecified atom stereocenters. The maximum absolute atomic E-state index is 8.73. The number of rotatable bonds is 6. The van der Waals surface area contributed by atoms with Gasteiger partial charge in [0.2, 0.25) is 0 Å². The van der Waals surface area contributed by atoms with Crippen molar-refractivity contribution in [2.45, 2.75) is 45.2 Å². The Morgan fingerprint density at radius 2 is 1.82 bits per heavy atom. The van der Waals surface area contributed by atoms with E-state index in [4.69, 9.17) is 5.11 Å². The summed E-state index contributed by atoms with van der Waals surface area (Å²) in [6, 6.07) is 15.6. The second kappa shape index (κ2) is 8.58. The van der Waals surface area contributed by atoms with Gasteiger partial charge in [0, 0.05) is 31.5 Å². The standard InChI is InChI=1S/C20H25NO/c1-16(10-5-3-4-8-15-22)21-17(2)19-14-9-12-18-11-6-7-13-20(18)19/h6-7,9,11-14,16-17,21-22H,4,8,10,15H2,1-2H3/t16?,17-/m1/s1. The van der Waals surface area contributed by atoms with Crippen LogP contribution >= 0.6 is 0 Å². The normalized spacial score (nSPS) is 13.4. The monoisotopic (exact) mass is 295 g/mol. The molecule has 2 rings (SSSR count). The number of hydrogen-bond donors (Lipinski definition) is 2. The Bertz CT molecular complexity index is 648. The van der Waals surface area contributed by atoms with Crippen LogP contribution in [0.1, 0.15) is 44.7 Å². The van der Waals surface area contributed by atoms with Gasteiger partial charge in [-0.3, -0.25) is 0 Å². The molecule has 0 aromatic heterocycles. The summed E-state index contributed by atoms with van der Waals surface area (Å²) in [6.07, 6.45) is 2.38. The smallest absolute Gasteiger partial charge is 0.0440 e. The van der Waals surface area contributed by atoms with Crippen LogP contribution in [0, 0.1) is 11.8 Å². The number of fused-ring (bicyclic) bond motifs is 1. The molecule has 116 valence electrons. The zero-order valence-electron chi connectivity index (χ0n) is 13.5. The Balaban J connectivity index is 1.98. The summed E-state index contributed by atoms with van der Waals surface area (Å²) in [4.78, 5) is 0. The molecule has 2 N–H and O–H groups in total. The predicted octanol–water partition coefficient (Wildman–Crippen LogP) is 4.04. The molecule has 2 atom stereocenters. The van der Waals surface area contributed by atoms with Crippen LogP contribution < -0.4 is 5.32 Å². The topological polar surface area (TPSA) is 32.3 Å². The molecule has 0 radical (unpaired) electrons.